The van der Waals surface area contributed by atoms with E-state index < -0.39 is 4.92 Å². The number of nitro groups is 1. The molecule has 1 saturated heterocycles. The molecule has 0 radical (unpaired) electrons. The number of piperidine rings is 1. The highest BCUT2D eigenvalue weighted by Gasteiger charge is 2.27. The Labute approximate surface area is 106 Å². The van der Waals surface area contributed by atoms with Gasteiger partial charge in [-0.15, -0.1) is 0 Å². The lowest BCUT2D eigenvalue weighted by molar-refractivity contribution is -0.384. The van der Waals surface area contributed by atoms with Crippen molar-refractivity contribution in [2.75, 3.05) is 18.8 Å². The Morgan fingerprint density at radius 3 is 2.56 bits per heavy atom. The third-order valence-corrected chi connectivity index (χ3v) is 3.59. The van der Waals surface area contributed by atoms with Crippen LogP contribution in [0.15, 0.2) is 6.20 Å². The summed E-state index contributed by atoms with van der Waals surface area (Å²) in [5.41, 5.74) is 5.68. The Balaban J connectivity index is 2.08. The number of rotatable bonds is 3. The van der Waals surface area contributed by atoms with Crippen molar-refractivity contribution < 1.29 is 4.92 Å². The van der Waals surface area contributed by atoms with E-state index in [2.05, 4.69) is 23.8 Å². The molecule has 1 aromatic rings. The van der Waals surface area contributed by atoms with Crippen molar-refractivity contribution in [1.29, 1.82) is 0 Å². The number of aromatic nitrogens is 2. The summed E-state index contributed by atoms with van der Waals surface area (Å²) in [4.78, 5) is 12.6. The molecule has 7 nitrogen and oxygen atoms in total. The molecular formula is C11H19N5O2. The standard InChI is InChI=1S/C11H19N5O2/c1-8(2)14-5-3-9(4-6-14)15-11(12)10(7-13-15)16(17)18/h7-9H,3-6,12H2,1-2H3. The number of nitrogen functional groups attached to an aromatic ring is 1. The predicted molar refractivity (Wildman–Crippen MR) is 68.3 cm³/mol. The van der Waals surface area contributed by atoms with Crippen LogP contribution in [0.2, 0.25) is 0 Å². The molecule has 0 bridgehead atoms. The SMILES string of the molecule is CC(C)N1CCC(n2ncc([N+](=O)[O-])c2N)CC1. The van der Waals surface area contributed by atoms with Crippen LogP contribution in [0.5, 0.6) is 0 Å². The van der Waals surface area contributed by atoms with Crippen molar-refractivity contribution >= 4 is 11.5 Å². The maximum Gasteiger partial charge on any atom is 0.330 e. The Morgan fingerprint density at radius 1 is 1.50 bits per heavy atom. The number of anilines is 1. The van der Waals surface area contributed by atoms with Gasteiger partial charge in [0, 0.05) is 19.1 Å². The molecule has 18 heavy (non-hydrogen) atoms. The molecule has 1 aliphatic heterocycles. The van der Waals surface area contributed by atoms with Crippen molar-refractivity contribution in [3.8, 4) is 0 Å². The van der Waals surface area contributed by atoms with Gasteiger partial charge in [0.1, 0.15) is 6.20 Å². The molecule has 0 aliphatic carbocycles. The van der Waals surface area contributed by atoms with E-state index in [1.807, 2.05) is 0 Å². The number of nitrogens with zero attached hydrogens (tertiary/aromatic N) is 4. The fraction of sp³-hybridized carbons (Fsp3) is 0.727. The number of likely N-dealkylation sites (tertiary alicyclic amines) is 1. The molecule has 0 unspecified atom stereocenters. The van der Waals surface area contributed by atoms with E-state index in [0.29, 0.717) is 6.04 Å². The Bertz CT molecular complexity index is 435. The van der Waals surface area contributed by atoms with Gasteiger partial charge in [-0.1, -0.05) is 0 Å². The van der Waals surface area contributed by atoms with E-state index in [4.69, 9.17) is 5.73 Å². The molecule has 7 heteroatoms. The smallest absolute Gasteiger partial charge is 0.330 e. The second-order valence-electron chi connectivity index (χ2n) is 4.98. The Morgan fingerprint density at radius 2 is 2.11 bits per heavy atom. The summed E-state index contributed by atoms with van der Waals surface area (Å²) in [6.45, 7) is 6.31. The normalized spacial score (nSPS) is 18.4. The molecule has 2 N–H and O–H groups in total. The van der Waals surface area contributed by atoms with Gasteiger partial charge >= 0.3 is 5.69 Å². The van der Waals surface area contributed by atoms with Crippen LogP contribution in [0.25, 0.3) is 0 Å². The highest BCUT2D eigenvalue weighted by atomic mass is 16.6. The van der Waals surface area contributed by atoms with Gasteiger partial charge in [0.25, 0.3) is 0 Å². The summed E-state index contributed by atoms with van der Waals surface area (Å²) < 4.78 is 1.61. The minimum absolute atomic E-state index is 0.0960. The first-order valence-corrected chi connectivity index (χ1v) is 6.22. The number of nitrogens with two attached hydrogens (primary N) is 1. The first-order valence-electron chi connectivity index (χ1n) is 6.22. The van der Waals surface area contributed by atoms with E-state index in [0.717, 1.165) is 25.9 Å². The number of hydrogen-bond acceptors (Lipinski definition) is 5. The molecule has 0 spiro atoms. The Kier molecular flexibility index (Phi) is 3.51. The molecule has 100 valence electrons. The van der Waals surface area contributed by atoms with Gasteiger partial charge in [-0.3, -0.25) is 10.1 Å². The molecule has 0 aromatic carbocycles. The lowest BCUT2D eigenvalue weighted by atomic mass is 10.0. The van der Waals surface area contributed by atoms with Crippen LogP contribution in [0, 0.1) is 10.1 Å². The van der Waals surface area contributed by atoms with Crippen molar-refractivity contribution in [3.63, 3.8) is 0 Å². The minimum atomic E-state index is -0.484. The lowest BCUT2D eigenvalue weighted by Crippen LogP contribution is -2.39. The maximum atomic E-state index is 10.7. The molecule has 1 fully saturated rings. The van der Waals surface area contributed by atoms with Crippen molar-refractivity contribution in [3.05, 3.63) is 16.3 Å². The lowest BCUT2D eigenvalue weighted by Gasteiger charge is -2.34. The van der Waals surface area contributed by atoms with Crippen molar-refractivity contribution in [1.82, 2.24) is 14.7 Å². The van der Waals surface area contributed by atoms with Crippen molar-refractivity contribution in [2.24, 2.45) is 0 Å². The summed E-state index contributed by atoms with van der Waals surface area (Å²) in [5, 5.41) is 14.8. The third-order valence-electron chi connectivity index (χ3n) is 3.59. The molecule has 1 aliphatic rings. The van der Waals surface area contributed by atoms with E-state index in [1.54, 1.807) is 4.68 Å². The zero-order valence-electron chi connectivity index (χ0n) is 10.7. The van der Waals surface area contributed by atoms with E-state index in [-0.39, 0.29) is 17.5 Å². The van der Waals surface area contributed by atoms with Crippen LogP contribution in [0.3, 0.4) is 0 Å². The van der Waals surface area contributed by atoms with E-state index in [9.17, 15) is 10.1 Å². The average molecular weight is 253 g/mol. The topological polar surface area (TPSA) is 90.2 Å². The van der Waals surface area contributed by atoms with Gasteiger partial charge in [-0.25, -0.2) is 4.68 Å². The van der Waals surface area contributed by atoms with Crippen molar-refractivity contribution in [2.45, 2.75) is 38.8 Å². The molecule has 0 amide bonds. The minimum Gasteiger partial charge on any atom is -0.378 e. The fourth-order valence-electron chi connectivity index (χ4n) is 2.44. The van der Waals surface area contributed by atoms with Crippen LogP contribution in [-0.4, -0.2) is 38.7 Å². The highest BCUT2D eigenvalue weighted by molar-refractivity contribution is 5.51. The first kappa shape index (κ1) is 12.8. The van der Waals surface area contributed by atoms with Gasteiger partial charge in [0.2, 0.25) is 5.82 Å². The second-order valence-corrected chi connectivity index (χ2v) is 4.98. The van der Waals surface area contributed by atoms with Gasteiger partial charge in [0.05, 0.1) is 11.0 Å². The van der Waals surface area contributed by atoms with Gasteiger partial charge in [0.15, 0.2) is 0 Å². The molecule has 1 aromatic heterocycles. The van der Waals surface area contributed by atoms with Crippen LogP contribution in [0.4, 0.5) is 11.5 Å². The maximum absolute atomic E-state index is 10.7. The predicted octanol–water partition coefficient (Wildman–Crippen LogP) is 1.42. The summed E-state index contributed by atoms with van der Waals surface area (Å²) in [6, 6.07) is 0.712. The van der Waals surface area contributed by atoms with Crippen LogP contribution >= 0.6 is 0 Å². The van der Waals surface area contributed by atoms with Crippen LogP contribution < -0.4 is 5.73 Å². The van der Waals surface area contributed by atoms with Crippen LogP contribution in [0.1, 0.15) is 32.7 Å². The van der Waals surface area contributed by atoms with Gasteiger partial charge in [-0.2, -0.15) is 5.10 Å². The quantitative estimate of drug-likeness (QED) is 0.650. The summed E-state index contributed by atoms with van der Waals surface area (Å²) in [7, 11) is 0. The largest absolute Gasteiger partial charge is 0.378 e. The zero-order valence-corrected chi connectivity index (χ0v) is 10.7. The summed E-state index contributed by atoms with van der Waals surface area (Å²) in [6.07, 6.45) is 3.10. The molecule has 2 rings (SSSR count). The average Bonchev–Trinajstić information content (AvgIpc) is 2.71. The summed E-state index contributed by atoms with van der Waals surface area (Å²) >= 11 is 0. The first-order chi connectivity index (χ1) is 8.50. The molecule has 0 saturated carbocycles. The van der Waals surface area contributed by atoms with Crippen LogP contribution in [-0.2, 0) is 0 Å². The van der Waals surface area contributed by atoms with E-state index in [1.165, 1.54) is 6.20 Å². The monoisotopic (exact) mass is 253 g/mol. The summed E-state index contributed by atoms with van der Waals surface area (Å²) in [5.74, 6) is 0.169. The van der Waals surface area contributed by atoms with E-state index >= 15 is 0 Å². The number of hydrogen-bond donors (Lipinski definition) is 1. The third kappa shape index (κ3) is 2.31. The van der Waals surface area contributed by atoms with Gasteiger partial charge in [-0.05, 0) is 26.7 Å². The molecule has 2 heterocycles. The molecular weight excluding hydrogens is 234 g/mol. The second kappa shape index (κ2) is 4.93. The van der Waals surface area contributed by atoms with Gasteiger partial charge < -0.3 is 10.6 Å². The Hall–Kier alpha value is -1.63. The fourth-order valence-corrected chi connectivity index (χ4v) is 2.44. The molecule has 0 atom stereocenters. The highest BCUT2D eigenvalue weighted by Crippen LogP contribution is 2.29. The zero-order chi connectivity index (χ0) is 13.3.